The second-order valence-corrected chi connectivity index (χ2v) is 17.7. The monoisotopic (exact) mass is 782 g/mol. The molecule has 0 heterocycles. The molecule has 0 aliphatic heterocycles. The molecule has 0 rings (SSSR count). The molecule has 0 aromatic carbocycles. The summed E-state index contributed by atoms with van der Waals surface area (Å²) in [4.78, 5) is 7.75. The number of hydrogen-bond acceptors (Lipinski definition) is 3. The molecule has 146 valence electrons. The Bertz CT molecular complexity index is 179. The minimum Gasteiger partial charge on any atom is 0 e. The molecule has 0 unspecified atom stereocenters. The molecule has 23 heavy (non-hydrogen) atoms. The van der Waals surface area contributed by atoms with Crippen molar-refractivity contribution < 1.29 is 44.6 Å². The Morgan fingerprint density at radius 1 is 0.696 bits per heavy atom. The van der Waals surface area contributed by atoms with Gasteiger partial charge in [-0.15, -0.1) is 0 Å². The van der Waals surface area contributed by atoms with Crippen LogP contribution in [-0.2, 0) is 44.6 Å². The van der Waals surface area contributed by atoms with Crippen LogP contribution in [0.5, 0.6) is 0 Å². The number of hydrogen-bond donors (Lipinski definition) is 0. The Morgan fingerprint density at radius 2 is 0.783 bits per heavy atom. The van der Waals surface area contributed by atoms with Crippen LogP contribution in [0.3, 0.4) is 0 Å². The number of nitrogens with zero attached hydrogens (tertiary/aromatic N) is 2. The van der Waals surface area contributed by atoms with E-state index in [1.165, 1.54) is 0 Å². The summed E-state index contributed by atoms with van der Waals surface area (Å²) >= 11 is 1.61. The molecule has 0 bridgehead atoms. The van der Waals surface area contributed by atoms with E-state index < -0.39 is 0 Å². The van der Waals surface area contributed by atoms with Crippen LogP contribution in [0.2, 0.25) is 0 Å². The van der Waals surface area contributed by atoms with Gasteiger partial charge in [-0.2, -0.15) is 0 Å². The van der Waals surface area contributed by atoms with E-state index in [9.17, 15) is 0 Å². The van der Waals surface area contributed by atoms with E-state index in [1.807, 2.05) is 0 Å². The van der Waals surface area contributed by atoms with E-state index in [1.54, 1.807) is 30.6 Å². The molecule has 0 N–H and O–H groups in total. The first-order valence-electron chi connectivity index (χ1n) is 6.22. The minimum absolute atomic E-state index is 0. The molecule has 0 saturated heterocycles. The summed E-state index contributed by atoms with van der Waals surface area (Å²) in [6.45, 7) is 31.9. The fourth-order valence-electron chi connectivity index (χ4n) is 1.41. The molecule has 10 heteroatoms. The average molecular weight is 783 g/mol. The van der Waals surface area contributed by atoms with Gasteiger partial charge in [0, 0.05) is 106 Å². The zero-order valence-corrected chi connectivity index (χ0v) is 24.6. The summed E-state index contributed by atoms with van der Waals surface area (Å²) in [5, 5.41) is 12.5. The van der Waals surface area contributed by atoms with Gasteiger partial charge in [-0.1, -0.05) is 0 Å². The smallest absolute Gasteiger partial charge is 0 e. The van der Waals surface area contributed by atoms with Crippen molar-refractivity contribution in [2.45, 2.75) is 0 Å². The number of halogens is 1. The van der Waals surface area contributed by atoms with Crippen LogP contribution in [0.4, 0.5) is 0 Å². The van der Waals surface area contributed by atoms with Crippen LogP contribution in [0.1, 0.15) is 0 Å². The van der Waals surface area contributed by atoms with Crippen molar-refractivity contribution in [1.29, 1.82) is 10.5 Å². The summed E-state index contributed by atoms with van der Waals surface area (Å²) in [6, 6.07) is 0. The number of rotatable bonds is 4. The average Bonchev–Trinajstić information content (AvgIpc) is 2.45. The van der Waals surface area contributed by atoms with E-state index >= 15 is 0 Å². The van der Waals surface area contributed by atoms with Gasteiger partial charge >= 0.3 is 28.2 Å². The first kappa shape index (κ1) is 44.5. The van der Waals surface area contributed by atoms with Crippen LogP contribution in [0.15, 0.2) is 0 Å². The predicted octanol–water partition coefficient (Wildman–Crippen LogP) is 4.39. The summed E-state index contributed by atoms with van der Waals surface area (Å²) in [5.41, 5.74) is 0. The topological polar surface area (TPSA) is 64.7 Å². The molecule has 0 amide bonds. The molecule has 3 nitrogen and oxygen atoms in total. The van der Waals surface area contributed by atoms with Gasteiger partial charge < -0.3 is 28.5 Å². The van der Waals surface area contributed by atoms with Crippen molar-refractivity contribution in [3.63, 3.8) is 0 Å². The van der Waals surface area contributed by atoms with Crippen LogP contribution in [-0.4, -0.2) is 71.9 Å². The molecule has 0 spiro atoms. The first-order valence-corrected chi connectivity index (χ1v) is 19.9. The molecule has 0 aliphatic rings. The molecular weight excluding hydrogens is 750 g/mol. The fraction of sp³-hybridized carbons (Fsp3) is 0.769. The quantitative estimate of drug-likeness (QED) is 0.242. The van der Waals surface area contributed by atoms with Crippen molar-refractivity contribution >= 4 is 47.9 Å². The molecule has 0 atom stereocenters. The zero-order chi connectivity index (χ0) is 19.7. The first-order chi connectivity index (χ1) is 10.3. The van der Waals surface area contributed by atoms with Crippen LogP contribution >= 0.6 is 41.1 Å². The third-order valence-electron chi connectivity index (χ3n) is 1.41. The Balaban J connectivity index is -0.0000000301. The van der Waals surface area contributed by atoms with Crippen LogP contribution in [0.25, 0.3) is 0 Å². The molecule has 0 aromatic heterocycles. The Morgan fingerprint density at radius 3 is 0.783 bits per heavy atom. The van der Waals surface area contributed by atoms with Gasteiger partial charge in [-0.05, 0) is 0 Å². The molecule has 0 fully saturated rings. The second kappa shape index (κ2) is 49.6. The Kier molecular flexibility index (Phi) is 95.9. The van der Waals surface area contributed by atoms with Crippen molar-refractivity contribution in [3.05, 3.63) is 13.1 Å². The number of carbonyl (C=O) groups excluding carboxylic acids is 1. The van der Waals surface area contributed by atoms with Gasteiger partial charge in [0.15, 0.2) is 11.8 Å². The third-order valence-corrected chi connectivity index (χ3v) is 12.7. The van der Waals surface area contributed by atoms with E-state index in [4.69, 9.17) is 28.5 Å². The van der Waals surface area contributed by atoms with Gasteiger partial charge in [0.2, 0.25) is 0 Å². The van der Waals surface area contributed by atoms with Gasteiger partial charge in [-0.25, -0.2) is 0 Å². The SMILES string of the molecule is C[PH+](C)C[PH+](C)C.C[PH+](C)C[PH+](C)C.[C-]#N.[C-]#N.[CH-]=O.[Cl][Pt+].[Pt]. The molecule has 0 aromatic rings. The molecule has 0 saturated carbocycles. The maximum absolute atomic E-state index is 7.75. The Hall–Kier alpha value is 2.04. The van der Waals surface area contributed by atoms with E-state index in [2.05, 4.69) is 69.5 Å². The predicted molar refractivity (Wildman–Crippen MR) is 113 cm³/mol. The summed E-state index contributed by atoms with van der Waals surface area (Å²) < 4.78 is 0. The molecular formula is C13H33ClN2OP4Pt2+2. The van der Waals surface area contributed by atoms with Gasteiger partial charge in [-0.3, -0.25) is 6.79 Å². The van der Waals surface area contributed by atoms with Crippen LogP contribution in [0, 0.1) is 23.7 Å². The maximum atomic E-state index is 7.75. The Labute approximate surface area is 180 Å². The van der Waals surface area contributed by atoms with E-state index in [0.717, 1.165) is 0 Å². The maximum Gasteiger partial charge on any atom is 0 e. The summed E-state index contributed by atoms with van der Waals surface area (Å²) in [7, 11) is 5.06. The molecule has 0 aliphatic carbocycles. The van der Waals surface area contributed by atoms with Crippen molar-refractivity contribution in [1.82, 2.24) is 0 Å². The van der Waals surface area contributed by atoms with Crippen molar-refractivity contribution in [2.24, 2.45) is 0 Å². The normalized spacial score (nSPS) is 7.43. The van der Waals surface area contributed by atoms with Gasteiger partial charge in [0.1, 0.15) is 0 Å². The van der Waals surface area contributed by atoms with Gasteiger partial charge in [0.05, 0.1) is 0 Å². The third kappa shape index (κ3) is 116. The fourth-order valence-corrected chi connectivity index (χ4v) is 12.7. The zero-order valence-electron chi connectivity index (χ0n) is 15.3. The van der Waals surface area contributed by atoms with E-state index in [-0.39, 0.29) is 52.8 Å². The second-order valence-electron chi connectivity index (χ2n) is 5.18. The van der Waals surface area contributed by atoms with Gasteiger partial charge in [0.25, 0.3) is 0 Å². The van der Waals surface area contributed by atoms with E-state index in [0.29, 0.717) is 0 Å². The minimum atomic E-state index is 0. The standard InChI is InChI=1S/2C5H14P2.2CN.CHO.ClH.2Pt/c2*1-6(2)5-7(3)4;3*1-2;;;/h2*5H2,1-4H3;;;1H;1H;;/q;;3*-1;;;+2/p+3. The van der Waals surface area contributed by atoms with Crippen LogP contribution < -0.4 is 0 Å². The largest absolute Gasteiger partial charge is 0 e. The van der Waals surface area contributed by atoms with Crippen molar-refractivity contribution in [2.75, 3.05) is 65.1 Å². The summed E-state index contributed by atoms with van der Waals surface area (Å²) in [5.74, 6) is 3.13. The molecule has 0 radical (unpaired) electrons. The summed E-state index contributed by atoms with van der Waals surface area (Å²) in [6.07, 6.45) is 0. The van der Waals surface area contributed by atoms with Crippen molar-refractivity contribution in [3.8, 4) is 0 Å².